The van der Waals surface area contributed by atoms with Crippen LogP contribution in [0.4, 0.5) is 5.69 Å². The highest BCUT2D eigenvalue weighted by atomic mass is 35.5. The van der Waals surface area contributed by atoms with Crippen LogP contribution in [0.5, 0.6) is 0 Å². The second-order valence-corrected chi connectivity index (χ2v) is 3.86. The first-order valence-corrected chi connectivity index (χ1v) is 4.93. The molecular weight excluding hydrogens is 184 g/mol. The Balaban J connectivity index is 2.29. The molecule has 0 aromatic heterocycles. The maximum absolute atomic E-state index is 5.88. The third kappa shape index (κ3) is 1.79. The van der Waals surface area contributed by atoms with Gasteiger partial charge in [0.15, 0.2) is 0 Å². The average molecular weight is 197 g/mol. The standard InChI is InChI=1S/C10H13ClN2/c11-7-3-4-8(9(12)6-7)10-2-1-5-13-10/h3-4,6,10,13H,1-2,5,12H2/t10-/m1/s1. The predicted octanol–water partition coefficient (Wildman–Crippen LogP) is 2.35. The van der Waals surface area contributed by atoms with Crippen LogP contribution in [0.2, 0.25) is 5.02 Å². The first-order chi connectivity index (χ1) is 6.27. The van der Waals surface area contributed by atoms with Gasteiger partial charge in [-0.2, -0.15) is 0 Å². The topological polar surface area (TPSA) is 38.0 Å². The van der Waals surface area contributed by atoms with Gasteiger partial charge in [-0.3, -0.25) is 0 Å². The molecule has 0 bridgehead atoms. The molecule has 1 heterocycles. The molecule has 1 aliphatic rings. The van der Waals surface area contributed by atoms with Gasteiger partial charge in [0.25, 0.3) is 0 Å². The van der Waals surface area contributed by atoms with Gasteiger partial charge >= 0.3 is 0 Å². The zero-order valence-electron chi connectivity index (χ0n) is 7.39. The summed E-state index contributed by atoms with van der Waals surface area (Å²) < 4.78 is 0. The van der Waals surface area contributed by atoms with Gasteiger partial charge < -0.3 is 11.1 Å². The van der Waals surface area contributed by atoms with Crippen molar-refractivity contribution in [1.82, 2.24) is 5.32 Å². The minimum absolute atomic E-state index is 0.428. The number of anilines is 1. The maximum Gasteiger partial charge on any atom is 0.0426 e. The van der Waals surface area contributed by atoms with Crippen molar-refractivity contribution in [3.05, 3.63) is 28.8 Å². The summed E-state index contributed by atoms with van der Waals surface area (Å²) >= 11 is 5.82. The molecule has 0 amide bonds. The smallest absolute Gasteiger partial charge is 0.0426 e. The van der Waals surface area contributed by atoms with E-state index in [-0.39, 0.29) is 0 Å². The van der Waals surface area contributed by atoms with Gasteiger partial charge in [0.1, 0.15) is 0 Å². The van der Waals surface area contributed by atoms with Gasteiger partial charge in [0.2, 0.25) is 0 Å². The summed E-state index contributed by atoms with van der Waals surface area (Å²) in [7, 11) is 0. The van der Waals surface area contributed by atoms with E-state index in [0.717, 1.165) is 12.2 Å². The quantitative estimate of drug-likeness (QED) is 0.677. The molecule has 3 heteroatoms. The van der Waals surface area contributed by atoms with Gasteiger partial charge in [-0.1, -0.05) is 17.7 Å². The second kappa shape index (κ2) is 3.56. The van der Waals surface area contributed by atoms with Crippen LogP contribution in [0.1, 0.15) is 24.4 Å². The van der Waals surface area contributed by atoms with E-state index in [1.165, 1.54) is 18.4 Å². The zero-order valence-corrected chi connectivity index (χ0v) is 8.14. The predicted molar refractivity (Wildman–Crippen MR) is 55.8 cm³/mol. The lowest BCUT2D eigenvalue weighted by Gasteiger charge is -2.13. The first kappa shape index (κ1) is 8.85. The van der Waals surface area contributed by atoms with E-state index in [9.17, 15) is 0 Å². The number of rotatable bonds is 1. The molecule has 0 aliphatic carbocycles. The van der Waals surface area contributed by atoms with Crippen molar-refractivity contribution in [3.8, 4) is 0 Å². The lowest BCUT2D eigenvalue weighted by molar-refractivity contribution is 0.650. The van der Waals surface area contributed by atoms with Crippen LogP contribution in [0, 0.1) is 0 Å². The van der Waals surface area contributed by atoms with Crippen molar-refractivity contribution < 1.29 is 0 Å². The number of nitrogens with one attached hydrogen (secondary N) is 1. The molecule has 1 fully saturated rings. The Labute approximate surface area is 83.1 Å². The Morgan fingerprint density at radius 3 is 2.92 bits per heavy atom. The van der Waals surface area contributed by atoms with E-state index in [0.29, 0.717) is 11.1 Å². The fourth-order valence-electron chi connectivity index (χ4n) is 1.81. The lowest BCUT2D eigenvalue weighted by atomic mass is 10.0. The van der Waals surface area contributed by atoms with Crippen molar-refractivity contribution in [2.45, 2.75) is 18.9 Å². The van der Waals surface area contributed by atoms with Gasteiger partial charge in [0, 0.05) is 16.8 Å². The first-order valence-electron chi connectivity index (χ1n) is 4.55. The maximum atomic E-state index is 5.88. The van der Waals surface area contributed by atoms with Crippen LogP contribution in [-0.4, -0.2) is 6.54 Å². The van der Waals surface area contributed by atoms with Gasteiger partial charge in [0.05, 0.1) is 0 Å². The Bertz CT molecular complexity index is 306. The fourth-order valence-corrected chi connectivity index (χ4v) is 1.99. The monoisotopic (exact) mass is 196 g/mol. The summed E-state index contributed by atoms with van der Waals surface area (Å²) in [6.45, 7) is 1.09. The third-order valence-corrected chi connectivity index (χ3v) is 2.72. The van der Waals surface area contributed by atoms with Crippen molar-refractivity contribution in [2.24, 2.45) is 0 Å². The molecule has 70 valence electrons. The van der Waals surface area contributed by atoms with Crippen molar-refractivity contribution in [1.29, 1.82) is 0 Å². The summed E-state index contributed by atoms with van der Waals surface area (Å²) in [4.78, 5) is 0. The number of nitrogen functional groups attached to an aromatic ring is 1. The van der Waals surface area contributed by atoms with Crippen LogP contribution in [0.3, 0.4) is 0 Å². The van der Waals surface area contributed by atoms with E-state index in [2.05, 4.69) is 5.32 Å². The summed E-state index contributed by atoms with van der Waals surface area (Å²) in [6, 6.07) is 6.15. The van der Waals surface area contributed by atoms with Crippen molar-refractivity contribution in [3.63, 3.8) is 0 Å². The molecule has 2 rings (SSSR count). The average Bonchev–Trinajstić information content (AvgIpc) is 2.56. The summed E-state index contributed by atoms with van der Waals surface area (Å²) in [5, 5.41) is 4.12. The number of benzene rings is 1. The molecule has 1 aromatic rings. The molecule has 2 nitrogen and oxygen atoms in total. The van der Waals surface area contributed by atoms with Crippen LogP contribution in [-0.2, 0) is 0 Å². The number of halogens is 1. The van der Waals surface area contributed by atoms with Gasteiger partial charge in [-0.05, 0) is 37.1 Å². The van der Waals surface area contributed by atoms with E-state index in [1.807, 2.05) is 18.2 Å². The largest absolute Gasteiger partial charge is 0.398 e. The van der Waals surface area contributed by atoms with Crippen LogP contribution in [0.25, 0.3) is 0 Å². The van der Waals surface area contributed by atoms with Crippen LogP contribution in [0.15, 0.2) is 18.2 Å². The fraction of sp³-hybridized carbons (Fsp3) is 0.400. The molecule has 3 N–H and O–H groups in total. The number of nitrogens with two attached hydrogens (primary N) is 1. The van der Waals surface area contributed by atoms with Gasteiger partial charge in [-0.25, -0.2) is 0 Å². The molecule has 1 aromatic carbocycles. The second-order valence-electron chi connectivity index (χ2n) is 3.42. The van der Waals surface area contributed by atoms with Crippen molar-refractivity contribution >= 4 is 17.3 Å². The SMILES string of the molecule is Nc1cc(Cl)ccc1[C@H]1CCCN1. The Hall–Kier alpha value is -0.730. The van der Waals surface area contributed by atoms with E-state index >= 15 is 0 Å². The van der Waals surface area contributed by atoms with E-state index in [1.54, 1.807) is 0 Å². The molecule has 1 atom stereocenters. The summed E-state index contributed by atoms with van der Waals surface area (Å²) in [6.07, 6.45) is 2.40. The molecule has 1 aliphatic heterocycles. The van der Waals surface area contributed by atoms with Crippen LogP contribution >= 0.6 is 11.6 Å². The highest BCUT2D eigenvalue weighted by molar-refractivity contribution is 6.30. The summed E-state index contributed by atoms with van der Waals surface area (Å²) in [5.41, 5.74) is 7.86. The van der Waals surface area contributed by atoms with E-state index in [4.69, 9.17) is 17.3 Å². The van der Waals surface area contributed by atoms with E-state index < -0.39 is 0 Å². The molecule has 13 heavy (non-hydrogen) atoms. The molecule has 0 unspecified atom stereocenters. The Morgan fingerprint density at radius 1 is 1.46 bits per heavy atom. The highest BCUT2D eigenvalue weighted by Gasteiger charge is 2.17. The van der Waals surface area contributed by atoms with Crippen LogP contribution < -0.4 is 11.1 Å². The Kier molecular flexibility index (Phi) is 2.42. The molecule has 0 saturated carbocycles. The third-order valence-electron chi connectivity index (χ3n) is 2.48. The lowest BCUT2D eigenvalue weighted by Crippen LogP contribution is -2.14. The van der Waals surface area contributed by atoms with Crippen molar-refractivity contribution in [2.75, 3.05) is 12.3 Å². The minimum Gasteiger partial charge on any atom is -0.398 e. The number of hydrogen-bond acceptors (Lipinski definition) is 2. The molecule has 0 radical (unpaired) electrons. The molecule has 1 saturated heterocycles. The van der Waals surface area contributed by atoms with Gasteiger partial charge in [-0.15, -0.1) is 0 Å². The molecule has 0 spiro atoms. The zero-order chi connectivity index (χ0) is 9.26. The summed E-state index contributed by atoms with van der Waals surface area (Å²) in [5.74, 6) is 0. The Morgan fingerprint density at radius 2 is 2.31 bits per heavy atom. The number of hydrogen-bond donors (Lipinski definition) is 2. The highest BCUT2D eigenvalue weighted by Crippen LogP contribution is 2.29. The minimum atomic E-state index is 0.428. The normalized spacial score (nSPS) is 22.1. The molecular formula is C10H13ClN2.